The fourth-order valence-electron chi connectivity index (χ4n) is 3.09. The number of rotatable bonds is 6. The van der Waals surface area contributed by atoms with Crippen LogP contribution >= 0.6 is 0 Å². The van der Waals surface area contributed by atoms with Gasteiger partial charge in [-0.15, -0.1) is 0 Å². The molecule has 1 aromatic rings. The Morgan fingerprint density at radius 1 is 1.32 bits per heavy atom. The van der Waals surface area contributed by atoms with E-state index in [9.17, 15) is 0 Å². The summed E-state index contributed by atoms with van der Waals surface area (Å²) in [5.41, 5.74) is 1.39. The highest BCUT2D eigenvalue weighted by Gasteiger charge is 2.32. The number of hydrogen-bond donors (Lipinski definition) is 1. The molecule has 104 valence electrons. The minimum Gasteiger partial charge on any atom is -0.493 e. The normalized spacial score (nSPS) is 23.5. The van der Waals surface area contributed by atoms with Crippen molar-refractivity contribution in [3.05, 3.63) is 29.8 Å². The number of fused-ring (bicyclic) bond motifs is 1. The predicted octanol–water partition coefficient (Wildman–Crippen LogP) is 3.41. The van der Waals surface area contributed by atoms with Gasteiger partial charge in [-0.25, -0.2) is 0 Å². The second kappa shape index (κ2) is 5.96. The molecule has 0 amide bonds. The highest BCUT2D eigenvalue weighted by molar-refractivity contribution is 5.35. The smallest absolute Gasteiger partial charge is 0.122 e. The molecule has 2 aliphatic rings. The van der Waals surface area contributed by atoms with Gasteiger partial charge in [0.05, 0.1) is 6.61 Å². The number of ether oxygens (including phenoxy) is 1. The van der Waals surface area contributed by atoms with Gasteiger partial charge in [-0.05, 0) is 43.4 Å². The van der Waals surface area contributed by atoms with Crippen LogP contribution in [0.15, 0.2) is 24.3 Å². The second-order valence-electron chi connectivity index (χ2n) is 6.12. The summed E-state index contributed by atoms with van der Waals surface area (Å²) in [7, 11) is 0. The van der Waals surface area contributed by atoms with Crippen LogP contribution in [0.4, 0.5) is 0 Å². The molecule has 3 rings (SSSR count). The van der Waals surface area contributed by atoms with Crippen LogP contribution in [0.1, 0.15) is 38.2 Å². The second-order valence-corrected chi connectivity index (χ2v) is 6.12. The van der Waals surface area contributed by atoms with Gasteiger partial charge in [-0.1, -0.05) is 38.0 Å². The van der Waals surface area contributed by atoms with Crippen molar-refractivity contribution in [3.63, 3.8) is 0 Å². The largest absolute Gasteiger partial charge is 0.493 e. The molecule has 2 heteroatoms. The fourth-order valence-corrected chi connectivity index (χ4v) is 3.09. The number of hydrogen-bond acceptors (Lipinski definition) is 2. The molecule has 0 aromatic heterocycles. The van der Waals surface area contributed by atoms with E-state index in [0.29, 0.717) is 12.0 Å². The number of para-hydroxylation sites is 1. The van der Waals surface area contributed by atoms with Gasteiger partial charge in [0.15, 0.2) is 0 Å². The van der Waals surface area contributed by atoms with E-state index in [1.165, 1.54) is 37.7 Å². The molecule has 1 aromatic carbocycles. The van der Waals surface area contributed by atoms with Gasteiger partial charge in [0.1, 0.15) is 5.75 Å². The van der Waals surface area contributed by atoms with Crippen molar-refractivity contribution >= 4 is 0 Å². The van der Waals surface area contributed by atoms with Crippen molar-refractivity contribution < 1.29 is 4.74 Å². The third-order valence-corrected chi connectivity index (χ3v) is 4.42. The highest BCUT2D eigenvalue weighted by Crippen LogP contribution is 2.37. The molecule has 19 heavy (non-hydrogen) atoms. The van der Waals surface area contributed by atoms with Crippen LogP contribution in [0.2, 0.25) is 0 Å². The molecule has 1 aliphatic carbocycles. The van der Waals surface area contributed by atoms with E-state index in [1.54, 1.807) is 0 Å². The minimum atomic E-state index is 0.640. The zero-order chi connectivity index (χ0) is 13.1. The summed E-state index contributed by atoms with van der Waals surface area (Å²) in [4.78, 5) is 0. The highest BCUT2D eigenvalue weighted by atomic mass is 16.5. The average Bonchev–Trinajstić information content (AvgIpc) is 3.27. The van der Waals surface area contributed by atoms with E-state index >= 15 is 0 Å². The quantitative estimate of drug-likeness (QED) is 0.845. The molecule has 1 aliphatic heterocycles. The Bertz CT molecular complexity index is 413. The first-order valence-corrected chi connectivity index (χ1v) is 7.81. The van der Waals surface area contributed by atoms with E-state index in [2.05, 4.69) is 36.5 Å². The Labute approximate surface area is 116 Å². The summed E-state index contributed by atoms with van der Waals surface area (Å²) in [5, 5.41) is 3.76. The van der Waals surface area contributed by atoms with E-state index in [1.807, 2.05) is 0 Å². The summed E-state index contributed by atoms with van der Waals surface area (Å²) in [6.45, 7) is 4.26. The molecule has 2 unspecified atom stereocenters. The molecular weight excluding hydrogens is 234 g/mol. The van der Waals surface area contributed by atoms with Crippen molar-refractivity contribution in [1.82, 2.24) is 5.32 Å². The Kier molecular flexibility index (Phi) is 4.07. The zero-order valence-electron chi connectivity index (χ0n) is 11.9. The van der Waals surface area contributed by atoms with Crippen molar-refractivity contribution in [2.24, 2.45) is 11.8 Å². The first-order chi connectivity index (χ1) is 9.36. The van der Waals surface area contributed by atoms with Crippen LogP contribution in [-0.2, 0) is 6.42 Å². The first-order valence-electron chi connectivity index (χ1n) is 7.81. The van der Waals surface area contributed by atoms with Gasteiger partial charge >= 0.3 is 0 Å². The summed E-state index contributed by atoms with van der Waals surface area (Å²) in [6, 6.07) is 9.15. The van der Waals surface area contributed by atoms with Crippen LogP contribution in [0.5, 0.6) is 5.75 Å². The van der Waals surface area contributed by atoms with Crippen LogP contribution in [-0.4, -0.2) is 19.2 Å². The number of benzene rings is 1. The molecule has 0 saturated heterocycles. The van der Waals surface area contributed by atoms with Gasteiger partial charge in [0.25, 0.3) is 0 Å². The summed E-state index contributed by atoms with van der Waals surface area (Å²) in [5.74, 6) is 2.72. The van der Waals surface area contributed by atoms with Crippen molar-refractivity contribution in [1.29, 1.82) is 0 Å². The molecule has 1 saturated carbocycles. The van der Waals surface area contributed by atoms with Crippen molar-refractivity contribution in [2.75, 3.05) is 13.2 Å². The van der Waals surface area contributed by atoms with Gasteiger partial charge in [0, 0.05) is 12.0 Å². The minimum absolute atomic E-state index is 0.640. The molecule has 2 atom stereocenters. The lowest BCUT2D eigenvalue weighted by Crippen LogP contribution is -2.42. The molecule has 1 N–H and O–H groups in total. The topological polar surface area (TPSA) is 21.3 Å². The zero-order valence-corrected chi connectivity index (χ0v) is 11.9. The molecule has 0 spiro atoms. The summed E-state index contributed by atoms with van der Waals surface area (Å²) < 4.78 is 5.96. The molecule has 0 radical (unpaired) electrons. The Morgan fingerprint density at radius 2 is 2.16 bits per heavy atom. The first kappa shape index (κ1) is 13.0. The average molecular weight is 259 g/mol. The van der Waals surface area contributed by atoms with Gasteiger partial charge < -0.3 is 10.1 Å². The van der Waals surface area contributed by atoms with Gasteiger partial charge in [-0.3, -0.25) is 0 Å². The monoisotopic (exact) mass is 259 g/mol. The van der Waals surface area contributed by atoms with Crippen molar-refractivity contribution in [2.45, 2.75) is 45.1 Å². The van der Waals surface area contributed by atoms with Crippen LogP contribution in [0, 0.1) is 11.8 Å². The van der Waals surface area contributed by atoms with Crippen LogP contribution in [0.25, 0.3) is 0 Å². The molecule has 0 bridgehead atoms. The lowest BCUT2D eigenvalue weighted by molar-refractivity contribution is 0.176. The molecular formula is C17H25NO. The Balaban J connectivity index is 1.65. The van der Waals surface area contributed by atoms with Crippen molar-refractivity contribution in [3.8, 4) is 5.75 Å². The predicted molar refractivity (Wildman–Crippen MR) is 78.6 cm³/mol. The van der Waals surface area contributed by atoms with E-state index in [-0.39, 0.29) is 0 Å². The maximum Gasteiger partial charge on any atom is 0.122 e. The molecule has 2 nitrogen and oxygen atoms in total. The summed E-state index contributed by atoms with van der Waals surface area (Å²) in [6.07, 6.45) is 6.61. The summed E-state index contributed by atoms with van der Waals surface area (Å²) >= 11 is 0. The van der Waals surface area contributed by atoms with Gasteiger partial charge in [-0.2, -0.15) is 0 Å². The third-order valence-electron chi connectivity index (χ3n) is 4.42. The lowest BCUT2D eigenvalue weighted by atomic mass is 9.87. The number of nitrogens with one attached hydrogen (secondary N) is 1. The van der Waals surface area contributed by atoms with Crippen LogP contribution < -0.4 is 10.1 Å². The standard InChI is InChI=1S/C17H25NO/c1-2-9-18-16(10-13-7-8-13)15-11-14-5-3-4-6-17(14)19-12-15/h3-6,13,15-16,18H,2,7-12H2,1H3. The SMILES string of the molecule is CCCNC(CC1CC1)C1COc2ccccc2C1. The third kappa shape index (κ3) is 3.30. The maximum atomic E-state index is 5.96. The maximum absolute atomic E-state index is 5.96. The Morgan fingerprint density at radius 3 is 2.95 bits per heavy atom. The lowest BCUT2D eigenvalue weighted by Gasteiger charge is -2.32. The fraction of sp³-hybridized carbons (Fsp3) is 0.647. The molecule has 1 fully saturated rings. The van der Waals surface area contributed by atoms with Gasteiger partial charge in [0.2, 0.25) is 0 Å². The Hall–Kier alpha value is -1.02. The van der Waals surface area contributed by atoms with E-state index in [4.69, 9.17) is 4.74 Å². The van der Waals surface area contributed by atoms with E-state index < -0.39 is 0 Å². The van der Waals surface area contributed by atoms with Crippen LogP contribution in [0.3, 0.4) is 0 Å². The molecule has 1 heterocycles. The van der Waals surface area contributed by atoms with E-state index in [0.717, 1.165) is 24.8 Å².